The molecular formula is C23H33ClIN5O. The van der Waals surface area contributed by atoms with E-state index in [1.807, 2.05) is 25.2 Å². The average molecular weight is 558 g/mol. The van der Waals surface area contributed by atoms with Gasteiger partial charge in [-0.2, -0.15) is 0 Å². The maximum absolute atomic E-state index is 6.20. The van der Waals surface area contributed by atoms with Crippen LogP contribution >= 0.6 is 35.6 Å². The van der Waals surface area contributed by atoms with E-state index in [1.165, 1.54) is 11.1 Å². The first-order valence-electron chi connectivity index (χ1n) is 10.3. The molecule has 0 saturated carbocycles. The summed E-state index contributed by atoms with van der Waals surface area (Å²) in [5.41, 5.74) is 3.59. The zero-order valence-electron chi connectivity index (χ0n) is 18.7. The highest BCUT2D eigenvalue weighted by atomic mass is 127. The van der Waals surface area contributed by atoms with Crippen LogP contribution in [0.5, 0.6) is 5.75 Å². The Labute approximate surface area is 208 Å². The summed E-state index contributed by atoms with van der Waals surface area (Å²) >= 11 is 6.20. The summed E-state index contributed by atoms with van der Waals surface area (Å²) in [6.07, 6.45) is 1.02. The van der Waals surface area contributed by atoms with Crippen LogP contribution < -0.4 is 20.3 Å². The number of halogens is 2. The number of rotatable bonds is 7. The second kappa shape index (κ2) is 12.4. The minimum absolute atomic E-state index is 0. The van der Waals surface area contributed by atoms with Crippen molar-refractivity contribution in [2.75, 3.05) is 46.2 Å². The smallest absolute Gasteiger partial charge is 0.191 e. The van der Waals surface area contributed by atoms with Crippen molar-refractivity contribution in [1.82, 2.24) is 15.5 Å². The summed E-state index contributed by atoms with van der Waals surface area (Å²) in [7, 11) is 7.67. The SMILES string of the molecule is CN=C(NCc1cccc(CN(C)C)c1)NC1CCN(c2cc(Cl)ccc2OC)C1.I. The van der Waals surface area contributed by atoms with Gasteiger partial charge in [0.15, 0.2) is 5.96 Å². The first-order valence-corrected chi connectivity index (χ1v) is 10.6. The molecule has 0 spiro atoms. The average Bonchev–Trinajstić information content (AvgIpc) is 3.19. The van der Waals surface area contributed by atoms with E-state index in [0.29, 0.717) is 6.04 Å². The summed E-state index contributed by atoms with van der Waals surface area (Å²) < 4.78 is 5.51. The lowest BCUT2D eigenvalue weighted by molar-refractivity contribution is 0.402. The highest BCUT2D eigenvalue weighted by molar-refractivity contribution is 14.0. The van der Waals surface area contributed by atoms with E-state index >= 15 is 0 Å². The first kappa shape index (κ1) is 25.5. The van der Waals surface area contributed by atoms with E-state index in [-0.39, 0.29) is 24.0 Å². The molecule has 1 atom stereocenters. The van der Waals surface area contributed by atoms with Crippen molar-refractivity contribution in [3.63, 3.8) is 0 Å². The molecule has 170 valence electrons. The molecule has 8 heteroatoms. The van der Waals surface area contributed by atoms with Gasteiger partial charge in [-0.15, -0.1) is 24.0 Å². The number of nitrogens with zero attached hydrogens (tertiary/aromatic N) is 3. The molecule has 2 aromatic carbocycles. The molecular weight excluding hydrogens is 525 g/mol. The van der Waals surface area contributed by atoms with E-state index in [2.05, 4.69) is 63.8 Å². The van der Waals surface area contributed by atoms with Crippen LogP contribution in [0.25, 0.3) is 0 Å². The third kappa shape index (κ3) is 7.43. The number of nitrogens with one attached hydrogen (secondary N) is 2. The lowest BCUT2D eigenvalue weighted by Gasteiger charge is -2.22. The highest BCUT2D eigenvalue weighted by Gasteiger charge is 2.25. The second-order valence-electron chi connectivity index (χ2n) is 7.88. The fourth-order valence-electron chi connectivity index (χ4n) is 3.78. The number of benzene rings is 2. The first-order chi connectivity index (χ1) is 14.5. The predicted molar refractivity (Wildman–Crippen MR) is 141 cm³/mol. The molecule has 3 rings (SSSR count). The van der Waals surface area contributed by atoms with Crippen LogP contribution in [-0.2, 0) is 13.1 Å². The Balaban J connectivity index is 0.00000341. The summed E-state index contributed by atoms with van der Waals surface area (Å²) in [5.74, 6) is 1.66. The largest absolute Gasteiger partial charge is 0.495 e. The van der Waals surface area contributed by atoms with E-state index in [1.54, 1.807) is 7.11 Å². The Morgan fingerprint density at radius 2 is 2.00 bits per heavy atom. The molecule has 1 saturated heterocycles. The number of hydrogen-bond donors (Lipinski definition) is 2. The summed E-state index contributed by atoms with van der Waals surface area (Å²) in [6.45, 7) is 3.48. The van der Waals surface area contributed by atoms with E-state index < -0.39 is 0 Å². The molecule has 31 heavy (non-hydrogen) atoms. The van der Waals surface area contributed by atoms with Gasteiger partial charge in [-0.3, -0.25) is 4.99 Å². The van der Waals surface area contributed by atoms with Crippen LogP contribution in [0.2, 0.25) is 5.02 Å². The van der Waals surface area contributed by atoms with Crippen LogP contribution in [0.1, 0.15) is 17.5 Å². The number of aliphatic imine (C=N–C) groups is 1. The molecule has 1 heterocycles. The lowest BCUT2D eigenvalue weighted by Crippen LogP contribution is -2.44. The number of ether oxygens (including phenoxy) is 1. The van der Waals surface area contributed by atoms with Gasteiger partial charge in [0.25, 0.3) is 0 Å². The monoisotopic (exact) mass is 557 g/mol. The Kier molecular flexibility index (Phi) is 10.2. The van der Waals surface area contributed by atoms with Gasteiger partial charge in [-0.1, -0.05) is 35.9 Å². The molecule has 0 radical (unpaired) electrons. The molecule has 1 fully saturated rings. The number of hydrogen-bond acceptors (Lipinski definition) is 4. The molecule has 0 bridgehead atoms. The lowest BCUT2D eigenvalue weighted by atomic mass is 10.1. The second-order valence-corrected chi connectivity index (χ2v) is 8.31. The van der Waals surface area contributed by atoms with Gasteiger partial charge in [0.1, 0.15) is 5.75 Å². The minimum Gasteiger partial charge on any atom is -0.495 e. The standard InChI is InChI=1S/C23H32ClN5O.HI/c1-25-23(26-14-17-6-5-7-18(12-17)15-28(2)3)27-20-10-11-29(16-20)21-13-19(24)8-9-22(21)30-4;/h5-9,12-13,20H,10-11,14-16H2,1-4H3,(H2,25,26,27);1H. The van der Waals surface area contributed by atoms with Crippen molar-refractivity contribution < 1.29 is 4.74 Å². The number of methoxy groups -OCH3 is 1. The molecule has 0 aliphatic carbocycles. The molecule has 1 aliphatic rings. The van der Waals surface area contributed by atoms with E-state index in [0.717, 1.165) is 55.0 Å². The molecule has 1 aliphatic heterocycles. The maximum atomic E-state index is 6.20. The van der Waals surface area contributed by atoms with Crippen LogP contribution in [0, 0.1) is 0 Å². The normalized spacial score (nSPS) is 16.3. The zero-order chi connectivity index (χ0) is 21.5. The van der Waals surface area contributed by atoms with Crippen molar-refractivity contribution in [2.24, 2.45) is 4.99 Å². The fraction of sp³-hybridized carbons (Fsp3) is 0.435. The predicted octanol–water partition coefficient (Wildman–Crippen LogP) is 3.97. The van der Waals surface area contributed by atoms with Crippen molar-refractivity contribution in [1.29, 1.82) is 0 Å². The number of anilines is 1. The summed E-state index contributed by atoms with van der Waals surface area (Å²) in [6, 6.07) is 14.7. The Bertz CT molecular complexity index is 877. The van der Waals surface area contributed by atoms with Crippen molar-refractivity contribution in [2.45, 2.75) is 25.6 Å². The zero-order valence-corrected chi connectivity index (χ0v) is 21.8. The Morgan fingerprint density at radius 1 is 1.23 bits per heavy atom. The van der Waals surface area contributed by atoms with Crippen LogP contribution in [0.3, 0.4) is 0 Å². The Hall–Kier alpha value is -1.71. The van der Waals surface area contributed by atoms with E-state index in [9.17, 15) is 0 Å². The van der Waals surface area contributed by atoms with Crippen LogP contribution in [0.15, 0.2) is 47.5 Å². The number of guanidine groups is 1. The molecule has 1 unspecified atom stereocenters. The van der Waals surface area contributed by atoms with Crippen molar-refractivity contribution in [3.05, 3.63) is 58.6 Å². The summed E-state index contributed by atoms with van der Waals surface area (Å²) in [5, 5.41) is 7.71. The molecule has 2 aromatic rings. The van der Waals surface area contributed by atoms with Crippen LogP contribution in [0.4, 0.5) is 5.69 Å². The third-order valence-electron chi connectivity index (χ3n) is 5.18. The van der Waals surface area contributed by atoms with E-state index in [4.69, 9.17) is 16.3 Å². The highest BCUT2D eigenvalue weighted by Crippen LogP contribution is 2.33. The Morgan fingerprint density at radius 3 is 2.71 bits per heavy atom. The van der Waals surface area contributed by atoms with Gasteiger partial charge in [0, 0.05) is 44.3 Å². The van der Waals surface area contributed by atoms with Crippen LogP contribution in [-0.4, -0.2) is 58.2 Å². The fourth-order valence-corrected chi connectivity index (χ4v) is 3.95. The van der Waals surface area contributed by atoms with Gasteiger partial charge >= 0.3 is 0 Å². The van der Waals surface area contributed by atoms with Gasteiger partial charge in [0.05, 0.1) is 12.8 Å². The third-order valence-corrected chi connectivity index (χ3v) is 5.42. The van der Waals surface area contributed by atoms with Crippen molar-refractivity contribution >= 4 is 47.2 Å². The minimum atomic E-state index is 0. The summed E-state index contributed by atoms with van der Waals surface area (Å²) in [4.78, 5) is 8.89. The van der Waals surface area contributed by atoms with Crippen molar-refractivity contribution in [3.8, 4) is 5.75 Å². The maximum Gasteiger partial charge on any atom is 0.191 e. The quantitative estimate of drug-likeness (QED) is 0.307. The van der Waals surface area contributed by atoms with Gasteiger partial charge < -0.3 is 25.2 Å². The topological polar surface area (TPSA) is 52.1 Å². The molecule has 0 aromatic heterocycles. The van der Waals surface area contributed by atoms with Gasteiger partial charge in [0.2, 0.25) is 0 Å². The molecule has 6 nitrogen and oxygen atoms in total. The van der Waals surface area contributed by atoms with Gasteiger partial charge in [-0.25, -0.2) is 0 Å². The molecule has 2 N–H and O–H groups in total. The molecule has 0 amide bonds. The van der Waals surface area contributed by atoms with Gasteiger partial charge in [-0.05, 0) is 49.8 Å².